The molecule has 1 amide bonds. The first kappa shape index (κ1) is 27.0. The summed E-state index contributed by atoms with van der Waals surface area (Å²) in [5.74, 6) is -0.893. The number of rotatable bonds is 6. The number of halogens is 2. The number of nitrogens with zero attached hydrogens (tertiary/aromatic N) is 2. The SMILES string of the molecule is CCC(C(=O)OC(C)(C)C)N1C(=O)C(C)(CC#N)CC(c2cccc(Cl)c2)C1c1ccc(Cl)cc1. The van der Waals surface area contributed by atoms with Crippen LogP contribution in [0.4, 0.5) is 0 Å². The molecular formula is C28H32Cl2N2O3. The number of amides is 1. The molecule has 3 rings (SSSR count). The number of piperidine rings is 1. The summed E-state index contributed by atoms with van der Waals surface area (Å²) in [4.78, 5) is 29.2. The van der Waals surface area contributed by atoms with Crippen LogP contribution >= 0.6 is 23.2 Å². The summed E-state index contributed by atoms with van der Waals surface area (Å²) in [7, 11) is 0. The van der Waals surface area contributed by atoms with Gasteiger partial charge >= 0.3 is 5.97 Å². The second-order valence-electron chi connectivity index (χ2n) is 10.4. The molecule has 4 unspecified atom stereocenters. The number of carbonyl (C=O) groups excluding carboxylic acids is 2. The van der Waals surface area contributed by atoms with Crippen molar-refractivity contribution in [3.05, 3.63) is 69.7 Å². The highest BCUT2D eigenvalue weighted by Gasteiger charge is 2.53. The Bertz CT molecular complexity index is 1120. The Hall–Kier alpha value is -2.55. The van der Waals surface area contributed by atoms with Gasteiger partial charge in [0.25, 0.3) is 0 Å². The molecule has 7 heteroatoms. The van der Waals surface area contributed by atoms with Crippen molar-refractivity contribution >= 4 is 35.1 Å². The largest absolute Gasteiger partial charge is 0.458 e. The van der Waals surface area contributed by atoms with E-state index in [9.17, 15) is 14.9 Å². The Balaban J connectivity index is 2.24. The van der Waals surface area contributed by atoms with Crippen molar-refractivity contribution in [2.75, 3.05) is 0 Å². The third-order valence-corrected chi connectivity index (χ3v) is 6.95. The average molecular weight is 515 g/mol. The molecule has 1 saturated heterocycles. The minimum absolute atomic E-state index is 0.0392. The molecule has 1 heterocycles. The van der Waals surface area contributed by atoms with Crippen LogP contribution in [0.5, 0.6) is 0 Å². The summed E-state index contributed by atoms with van der Waals surface area (Å²) < 4.78 is 5.74. The van der Waals surface area contributed by atoms with E-state index >= 15 is 0 Å². The molecule has 5 nitrogen and oxygen atoms in total. The number of likely N-dealkylation sites (tertiary alicyclic amines) is 1. The van der Waals surface area contributed by atoms with Gasteiger partial charge in [-0.1, -0.05) is 54.4 Å². The van der Waals surface area contributed by atoms with Gasteiger partial charge in [-0.15, -0.1) is 0 Å². The Labute approximate surface area is 218 Å². The maximum atomic E-state index is 14.1. The summed E-state index contributed by atoms with van der Waals surface area (Å²) in [6.45, 7) is 9.09. The van der Waals surface area contributed by atoms with Crippen LogP contribution in [-0.4, -0.2) is 28.4 Å². The molecule has 1 aliphatic rings. The molecule has 0 saturated carbocycles. The fourth-order valence-corrected chi connectivity index (χ4v) is 5.24. The van der Waals surface area contributed by atoms with Crippen LogP contribution in [-0.2, 0) is 14.3 Å². The van der Waals surface area contributed by atoms with Gasteiger partial charge in [-0.05, 0) is 75.9 Å². The predicted molar refractivity (Wildman–Crippen MR) is 138 cm³/mol. The Morgan fingerprint density at radius 1 is 1.17 bits per heavy atom. The Kier molecular flexibility index (Phi) is 8.19. The van der Waals surface area contributed by atoms with E-state index in [-0.39, 0.29) is 18.2 Å². The molecule has 0 N–H and O–H groups in total. The highest BCUT2D eigenvalue weighted by molar-refractivity contribution is 6.30. The number of hydrogen-bond acceptors (Lipinski definition) is 4. The fourth-order valence-electron chi connectivity index (χ4n) is 4.91. The summed E-state index contributed by atoms with van der Waals surface area (Å²) in [6, 6.07) is 15.8. The molecule has 0 aliphatic carbocycles. The zero-order valence-electron chi connectivity index (χ0n) is 20.8. The smallest absolute Gasteiger partial charge is 0.329 e. The maximum Gasteiger partial charge on any atom is 0.329 e. The van der Waals surface area contributed by atoms with Gasteiger partial charge in [-0.2, -0.15) is 5.26 Å². The first-order valence-electron chi connectivity index (χ1n) is 11.8. The zero-order valence-corrected chi connectivity index (χ0v) is 22.4. The van der Waals surface area contributed by atoms with Crippen molar-refractivity contribution in [2.45, 2.75) is 77.5 Å². The van der Waals surface area contributed by atoms with Crippen LogP contribution in [0.3, 0.4) is 0 Å². The molecule has 0 radical (unpaired) electrons. The number of carbonyl (C=O) groups is 2. The quantitative estimate of drug-likeness (QED) is 0.385. The van der Waals surface area contributed by atoms with Gasteiger partial charge in [0.05, 0.1) is 17.5 Å². The van der Waals surface area contributed by atoms with E-state index in [2.05, 4.69) is 6.07 Å². The average Bonchev–Trinajstić information content (AvgIpc) is 2.77. The van der Waals surface area contributed by atoms with Gasteiger partial charge < -0.3 is 9.64 Å². The lowest BCUT2D eigenvalue weighted by Crippen LogP contribution is -2.58. The van der Waals surface area contributed by atoms with Gasteiger partial charge in [-0.3, -0.25) is 4.79 Å². The molecule has 4 atom stereocenters. The van der Waals surface area contributed by atoms with Crippen molar-refractivity contribution in [3.8, 4) is 6.07 Å². The second kappa shape index (κ2) is 10.6. The van der Waals surface area contributed by atoms with E-state index in [1.54, 1.807) is 43.9 Å². The van der Waals surface area contributed by atoms with Crippen LogP contribution < -0.4 is 0 Å². The minimum atomic E-state index is -0.972. The van der Waals surface area contributed by atoms with E-state index in [1.165, 1.54) is 0 Å². The molecule has 186 valence electrons. The molecule has 0 spiro atoms. The van der Waals surface area contributed by atoms with E-state index in [0.29, 0.717) is 22.9 Å². The van der Waals surface area contributed by atoms with Crippen molar-refractivity contribution in [1.29, 1.82) is 5.26 Å². The predicted octanol–water partition coefficient (Wildman–Crippen LogP) is 7.09. The Morgan fingerprint density at radius 3 is 2.37 bits per heavy atom. The molecule has 1 aliphatic heterocycles. The number of nitriles is 1. The monoisotopic (exact) mass is 514 g/mol. The van der Waals surface area contributed by atoms with Gasteiger partial charge in [0.15, 0.2) is 0 Å². The normalized spacial score (nSPS) is 23.5. The van der Waals surface area contributed by atoms with Crippen molar-refractivity contribution < 1.29 is 14.3 Å². The van der Waals surface area contributed by atoms with E-state index in [1.807, 2.05) is 44.2 Å². The number of hydrogen-bond donors (Lipinski definition) is 0. The molecule has 2 aromatic rings. The molecule has 2 aromatic carbocycles. The number of esters is 1. The van der Waals surface area contributed by atoms with E-state index in [4.69, 9.17) is 27.9 Å². The molecule has 0 bridgehead atoms. The van der Waals surface area contributed by atoms with Gasteiger partial charge in [0.2, 0.25) is 5.91 Å². The van der Waals surface area contributed by atoms with Crippen LogP contribution in [0.2, 0.25) is 10.0 Å². The van der Waals surface area contributed by atoms with Crippen LogP contribution in [0.25, 0.3) is 0 Å². The van der Waals surface area contributed by atoms with E-state index in [0.717, 1.165) is 11.1 Å². The summed E-state index contributed by atoms with van der Waals surface area (Å²) in [5, 5.41) is 10.8. The standard InChI is InChI=1S/C28H32Cl2N2O3/c1-6-23(25(33)35-27(2,3)4)32-24(18-10-12-20(29)13-11-18)22(19-8-7-9-21(30)16-19)17-28(5,14-15-31)26(32)34/h7-13,16,22-24H,6,14,17H2,1-5H3. The first-order valence-corrected chi connectivity index (χ1v) is 12.6. The topological polar surface area (TPSA) is 70.4 Å². The minimum Gasteiger partial charge on any atom is -0.458 e. The highest BCUT2D eigenvalue weighted by Crippen LogP contribution is 2.52. The molecule has 1 fully saturated rings. The van der Waals surface area contributed by atoms with E-state index < -0.39 is 29.1 Å². The lowest BCUT2D eigenvalue weighted by atomic mass is 9.67. The second-order valence-corrected chi connectivity index (χ2v) is 11.3. The summed E-state index contributed by atoms with van der Waals surface area (Å²) >= 11 is 12.5. The highest BCUT2D eigenvalue weighted by atomic mass is 35.5. The van der Waals surface area contributed by atoms with Crippen LogP contribution in [0.15, 0.2) is 48.5 Å². The summed E-state index contributed by atoms with van der Waals surface area (Å²) in [5.41, 5.74) is 0.119. The lowest BCUT2D eigenvalue weighted by molar-refractivity contribution is -0.173. The number of ether oxygens (including phenoxy) is 1. The van der Waals surface area contributed by atoms with Crippen molar-refractivity contribution in [2.24, 2.45) is 5.41 Å². The molecule has 0 aromatic heterocycles. The zero-order chi connectivity index (χ0) is 26.0. The molecular weight excluding hydrogens is 483 g/mol. The first-order chi connectivity index (χ1) is 16.4. The van der Waals surface area contributed by atoms with Crippen molar-refractivity contribution in [1.82, 2.24) is 4.90 Å². The third kappa shape index (κ3) is 6.00. The van der Waals surface area contributed by atoms with Crippen LogP contribution in [0.1, 0.15) is 77.0 Å². The lowest BCUT2D eigenvalue weighted by Gasteiger charge is -2.51. The molecule has 35 heavy (non-hydrogen) atoms. The van der Waals surface area contributed by atoms with Gasteiger partial charge in [-0.25, -0.2) is 4.79 Å². The maximum absolute atomic E-state index is 14.1. The summed E-state index contributed by atoms with van der Waals surface area (Å²) in [6.07, 6.45) is 0.849. The fraction of sp³-hybridized carbons (Fsp3) is 0.464. The van der Waals surface area contributed by atoms with Crippen LogP contribution in [0, 0.1) is 16.7 Å². The third-order valence-electron chi connectivity index (χ3n) is 6.46. The number of benzene rings is 2. The van der Waals surface area contributed by atoms with Gasteiger partial charge in [0, 0.05) is 22.4 Å². The Morgan fingerprint density at radius 2 is 1.83 bits per heavy atom. The van der Waals surface area contributed by atoms with Crippen molar-refractivity contribution in [3.63, 3.8) is 0 Å². The van der Waals surface area contributed by atoms with Gasteiger partial charge in [0.1, 0.15) is 11.6 Å².